The fraction of sp³-hybridized carbons (Fsp3) is 0.526. The number of carbonyl (C=O) groups is 1. The first-order valence-corrected chi connectivity index (χ1v) is 8.48. The van der Waals surface area contributed by atoms with Crippen molar-refractivity contribution < 1.29 is 9.90 Å². The van der Waals surface area contributed by atoms with Crippen LogP contribution in [0.1, 0.15) is 45.1 Å². The molecule has 0 radical (unpaired) electrons. The van der Waals surface area contributed by atoms with E-state index in [0.29, 0.717) is 17.4 Å². The minimum absolute atomic E-state index is 0.00718. The van der Waals surface area contributed by atoms with Gasteiger partial charge in [-0.2, -0.15) is 0 Å². The molecule has 22 heavy (non-hydrogen) atoms. The fourth-order valence-electron chi connectivity index (χ4n) is 4.36. The van der Waals surface area contributed by atoms with Crippen molar-refractivity contribution in [1.82, 2.24) is 0 Å². The molecule has 0 saturated heterocycles. The monoisotopic (exact) mass is 318 g/mol. The van der Waals surface area contributed by atoms with E-state index in [2.05, 4.69) is 6.92 Å². The molecule has 0 heterocycles. The van der Waals surface area contributed by atoms with Gasteiger partial charge in [-0.1, -0.05) is 44.0 Å². The second-order valence-corrected chi connectivity index (χ2v) is 7.55. The summed E-state index contributed by atoms with van der Waals surface area (Å²) < 4.78 is 0. The summed E-state index contributed by atoms with van der Waals surface area (Å²) in [6.07, 6.45) is 5.25. The maximum Gasteiger partial charge on any atom is 0.161 e. The predicted octanol–water partition coefficient (Wildman–Crippen LogP) is 4.50. The average Bonchev–Trinajstić information content (AvgIpc) is 2.49. The number of aliphatic hydroxyl groups is 1. The molecule has 3 heteroatoms. The van der Waals surface area contributed by atoms with Gasteiger partial charge in [-0.15, -0.1) is 0 Å². The molecule has 1 aromatic carbocycles. The lowest BCUT2D eigenvalue weighted by atomic mass is 9.54. The van der Waals surface area contributed by atoms with Crippen LogP contribution in [0.5, 0.6) is 0 Å². The lowest BCUT2D eigenvalue weighted by Gasteiger charge is -2.51. The van der Waals surface area contributed by atoms with Crippen molar-refractivity contribution >= 4 is 23.5 Å². The Morgan fingerprint density at radius 3 is 2.64 bits per heavy atom. The van der Waals surface area contributed by atoms with Gasteiger partial charge in [0, 0.05) is 16.4 Å². The predicted molar refractivity (Wildman–Crippen MR) is 89.7 cm³/mol. The van der Waals surface area contributed by atoms with Crippen LogP contribution in [0.15, 0.2) is 29.8 Å². The molecule has 0 spiro atoms. The summed E-state index contributed by atoms with van der Waals surface area (Å²) in [7, 11) is 0. The van der Waals surface area contributed by atoms with Gasteiger partial charge in [-0.05, 0) is 54.5 Å². The van der Waals surface area contributed by atoms with Gasteiger partial charge in [0.05, 0.1) is 6.10 Å². The highest BCUT2D eigenvalue weighted by molar-refractivity contribution is 6.30. The molecular formula is C19H23ClO2. The summed E-state index contributed by atoms with van der Waals surface area (Å²) in [4.78, 5) is 12.7. The SMILES string of the molecule is CC1C(=O)/C(=C\c2ccc(Cl)cc2)C[C@@]2(C)C1CCC[C@@H]2O. The highest BCUT2D eigenvalue weighted by atomic mass is 35.5. The Hall–Kier alpha value is -1.12. The number of aliphatic hydroxyl groups excluding tert-OH is 1. The third-order valence-corrected chi connectivity index (χ3v) is 5.97. The molecule has 1 N–H and O–H groups in total. The quantitative estimate of drug-likeness (QED) is 0.774. The molecule has 1 aromatic rings. The molecule has 3 rings (SSSR count). The Morgan fingerprint density at radius 1 is 1.27 bits per heavy atom. The summed E-state index contributed by atoms with van der Waals surface area (Å²) in [5.41, 5.74) is 1.66. The van der Waals surface area contributed by atoms with Gasteiger partial charge in [-0.25, -0.2) is 0 Å². The summed E-state index contributed by atoms with van der Waals surface area (Å²) in [5, 5.41) is 11.2. The van der Waals surface area contributed by atoms with Crippen LogP contribution in [0.4, 0.5) is 0 Å². The van der Waals surface area contributed by atoms with E-state index in [9.17, 15) is 9.90 Å². The molecule has 0 amide bonds. The Bertz CT molecular complexity index is 604. The second-order valence-electron chi connectivity index (χ2n) is 7.11. The molecule has 2 aliphatic carbocycles. The maximum absolute atomic E-state index is 12.7. The van der Waals surface area contributed by atoms with Crippen molar-refractivity contribution in [2.24, 2.45) is 17.3 Å². The van der Waals surface area contributed by atoms with Crippen LogP contribution in [0.3, 0.4) is 0 Å². The number of ketones is 1. The zero-order valence-electron chi connectivity index (χ0n) is 13.2. The van der Waals surface area contributed by atoms with E-state index in [1.165, 1.54) is 0 Å². The molecule has 0 bridgehead atoms. The van der Waals surface area contributed by atoms with E-state index in [1.807, 2.05) is 37.3 Å². The highest BCUT2D eigenvalue weighted by Gasteiger charge is 2.51. The number of benzene rings is 1. The van der Waals surface area contributed by atoms with Gasteiger partial charge in [-0.3, -0.25) is 4.79 Å². The number of allylic oxidation sites excluding steroid dienone is 1. The molecule has 2 saturated carbocycles. The molecule has 4 atom stereocenters. The Morgan fingerprint density at radius 2 is 1.95 bits per heavy atom. The van der Waals surface area contributed by atoms with E-state index in [-0.39, 0.29) is 23.2 Å². The van der Waals surface area contributed by atoms with Gasteiger partial charge in [0.1, 0.15) is 0 Å². The minimum Gasteiger partial charge on any atom is -0.393 e. The maximum atomic E-state index is 12.7. The Balaban J connectivity index is 1.95. The fourth-order valence-corrected chi connectivity index (χ4v) is 4.49. The second kappa shape index (κ2) is 5.82. The number of rotatable bonds is 1. The van der Waals surface area contributed by atoms with Crippen molar-refractivity contribution in [3.63, 3.8) is 0 Å². The number of hydrogen-bond donors (Lipinski definition) is 1. The van der Waals surface area contributed by atoms with Crippen LogP contribution in [-0.2, 0) is 4.79 Å². The molecule has 118 valence electrons. The van der Waals surface area contributed by atoms with Crippen LogP contribution in [0.25, 0.3) is 6.08 Å². The van der Waals surface area contributed by atoms with Crippen molar-refractivity contribution in [3.05, 3.63) is 40.4 Å². The van der Waals surface area contributed by atoms with Crippen molar-refractivity contribution in [2.75, 3.05) is 0 Å². The lowest BCUT2D eigenvalue weighted by Crippen LogP contribution is -2.51. The van der Waals surface area contributed by atoms with Gasteiger partial charge < -0.3 is 5.11 Å². The summed E-state index contributed by atoms with van der Waals surface area (Å²) in [6, 6.07) is 7.54. The minimum atomic E-state index is -0.310. The Kier molecular flexibility index (Phi) is 4.17. The van der Waals surface area contributed by atoms with Crippen LogP contribution in [-0.4, -0.2) is 17.0 Å². The Labute approximate surface area is 137 Å². The van der Waals surface area contributed by atoms with Crippen LogP contribution >= 0.6 is 11.6 Å². The van der Waals surface area contributed by atoms with Gasteiger partial charge in [0.25, 0.3) is 0 Å². The van der Waals surface area contributed by atoms with E-state index >= 15 is 0 Å². The summed E-state index contributed by atoms with van der Waals surface area (Å²) in [5.74, 6) is 0.532. The first-order valence-electron chi connectivity index (χ1n) is 8.10. The third kappa shape index (κ3) is 2.63. The van der Waals surface area contributed by atoms with E-state index < -0.39 is 0 Å². The highest BCUT2D eigenvalue weighted by Crippen LogP contribution is 2.53. The number of carbonyl (C=O) groups excluding carboxylic acids is 1. The lowest BCUT2D eigenvalue weighted by molar-refractivity contribution is -0.133. The van der Waals surface area contributed by atoms with Gasteiger partial charge in [0.15, 0.2) is 5.78 Å². The molecule has 2 aliphatic rings. The molecule has 0 aromatic heterocycles. The molecular weight excluding hydrogens is 296 g/mol. The molecule has 2 fully saturated rings. The first-order chi connectivity index (χ1) is 10.4. The number of fused-ring (bicyclic) bond motifs is 1. The molecule has 2 nitrogen and oxygen atoms in total. The largest absolute Gasteiger partial charge is 0.393 e. The molecule has 0 aliphatic heterocycles. The van der Waals surface area contributed by atoms with Crippen LogP contribution < -0.4 is 0 Å². The normalized spacial score (nSPS) is 37.2. The van der Waals surface area contributed by atoms with Crippen molar-refractivity contribution in [3.8, 4) is 0 Å². The van der Waals surface area contributed by atoms with Gasteiger partial charge >= 0.3 is 0 Å². The van der Waals surface area contributed by atoms with E-state index in [0.717, 1.165) is 30.4 Å². The number of hydrogen-bond acceptors (Lipinski definition) is 2. The van der Waals surface area contributed by atoms with Crippen molar-refractivity contribution in [2.45, 2.75) is 45.6 Å². The van der Waals surface area contributed by atoms with E-state index in [1.54, 1.807) is 0 Å². The number of Topliss-reactive ketones (excluding diaryl/α,β-unsaturated/α-hetero) is 1. The molecule has 2 unspecified atom stereocenters. The topological polar surface area (TPSA) is 37.3 Å². The van der Waals surface area contributed by atoms with E-state index in [4.69, 9.17) is 11.6 Å². The number of halogens is 1. The smallest absolute Gasteiger partial charge is 0.161 e. The van der Waals surface area contributed by atoms with Crippen LogP contribution in [0.2, 0.25) is 5.02 Å². The van der Waals surface area contributed by atoms with Gasteiger partial charge in [0.2, 0.25) is 0 Å². The summed E-state index contributed by atoms with van der Waals surface area (Å²) >= 11 is 5.92. The zero-order chi connectivity index (χ0) is 15.9. The summed E-state index contributed by atoms with van der Waals surface area (Å²) in [6.45, 7) is 4.18. The van der Waals surface area contributed by atoms with Crippen molar-refractivity contribution in [1.29, 1.82) is 0 Å². The average molecular weight is 319 g/mol. The zero-order valence-corrected chi connectivity index (χ0v) is 13.9. The third-order valence-electron chi connectivity index (χ3n) is 5.72. The standard InChI is InChI=1S/C19H23ClO2/c1-12-16-4-3-5-17(21)19(16,2)11-14(18(12)22)10-13-6-8-15(20)9-7-13/h6-10,12,16-17,21H,3-5,11H2,1-2H3/b14-10-/t12?,16?,17-,19-/m0/s1. The van der Waals surface area contributed by atoms with Crippen LogP contribution in [0, 0.1) is 17.3 Å². The first kappa shape index (κ1) is 15.8.